The van der Waals surface area contributed by atoms with E-state index in [4.69, 9.17) is 0 Å². The van der Waals surface area contributed by atoms with Gasteiger partial charge in [0.15, 0.2) is 0 Å². The molecule has 1 rings (SSSR count). The highest BCUT2D eigenvalue weighted by Crippen LogP contribution is 2.19. The van der Waals surface area contributed by atoms with Crippen molar-refractivity contribution in [3.8, 4) is 0 Å². The highest BCUT2D eigenvalue weighted by Gasteiger charge is 2.26. The third-order valence-electron chi connectivity index (χ3n) is 3.33. The number of nitrogens with one attached hydrogen (secondary N) is 2. The van der Waals surface area contributed by atoms with Crippen LogP contribution in [0.25, 0.3) is 0 Å². The number of carbonyl (C=O) groups excluding carboxylic acids is 1. The first-order valence-corrected chi connectivity index (χ1v) is 5.92. The van der Waals surface area contributed by atoms with Crippen molar-refractivity contribution < 1.29 is 4.79 Å². The molecule has 1 heterocycles. The number of piperidine rings is 1. The van der Waals surface area contributed by atoms with Crippen molar-refractivity contribution >= 4 is 5.91 Å². The third kappa shape index (κ3) is 3.82. The molecule has 1 saturated heterocycles. The first-order chi connectivity index (χ1) is 6.91. The van der Waals surface area contributed by atoms with Gasteiger partial charge < -0.3 is 10.6 Å². The molecular weight excluding hydrogens is 188 g/mol. The minimum Gasteiger partial charge on any atom is -0.353 e. The van der Waals surface area contributed by atoms with Crippen LogP contribution in [-0.4, -0.2) is 25.0 Å². The van der Waals surface area contributed by atoms with Gasteiger partial charge in [-0.3, -0.25) is 4.79 Å². The van der Waals surface area contributed by atoms with Crippen LogP contribution in [0.5, 0.6) is 0 Å². The van der Waals surface area contributed by atoms with E-state index in [0.717, 1.165) is 25.9 Å². The van der Waals surface area contributed by atoms with Crippen LogP contribution in [-0.2, 0) is 4.79 Å². The van der Waals surface area contributed by atoms with E-state index in [1.165, 1.54) is 0 Å². The van der Waals surface area contributed by atoms with E-state index >= 15 is 0 Å². The minimum absolute atomic E-state index is 0.137. The summed E-state index contributed by atoms with van der Waals surface area (Å²) in [5.74, 6) is 0.383. The molecule has 88 valence electrons. The monoisotopic (exact) mass is 212 g/mol. The number of hydrogen-bond acceptors (Lipinski definition) is 2. The van der Waals surface area contributed by atoms with Crippen LogP contribution in [0.1, 0.15) is 40.5 Å². The van der Waals surface area contributed by atoms with Crippen LogP contribution in [0.3, 0.4) is 0 Å². The van der Waals surface area contributed by atoms with E-state index in [1.54, 1.807) is 0 Å². The van der Waals surface area contributed by atoms with Gasteiger partial charge in [0.05, 0.1) is 5.92 Å². The fourth-order valence-electron chi connectivity index (χ4n) is 1.62. The second kappa shape index (κ2) is 4.97. The van der Waals surface area contributed by atoms with Gasteiger partial charge >= 0.3 is 0 Å². The molecule has 0 saturated carbocycles. The molecule has 3 heteroatoms. The Morgan fingerprint density at radius 3 is 2.60 bits per heavy atom. The van der Waals surface area contributed by atoms with E-state index in [1.807, 2.05) is 0 Å². The number of hydrogen-bond donors (Lipinski definition) is 2. The van der Waals surface area contributed by atoms with Crippen molar-refractivity contribution in [1.82, 2.24) is 10.6 Å². The SMILES string of the molecule is CC(NC(=O)[C@H]1CCCNC1)C(C)(C)C. The zero-order valence-electron chi connectivity index (χ0n) is 10.4. The Bertz CT molecular complexity index is 214. The normalized spacial score (nSPS) is 24.7. The summed E-state index contributed by atoms with van der Waals surface area (Å²) >= 11 is 0. The lowest BCUT2D eigenvalue weighted by Crippen LogP contribution is -2.47. The predicted molar refractivity (Wildman–Crippen MR) is 62.7 cm³/mol. The topological polar surface area (TPSA) is 41.1 Å². The molecule has 0 aromatic heterocycles. The lowest BCUT2D eigenvalue weighted by atomic mass is 9.87. The Labute approximate surface area is 93.0 Å². The maximum atomic E-state index is 11.9. The molecule has 0 spiro atoms. The van der Waals surface area contributed by atoms with Gasteiger partial charge in [-0.25, -0.2) is 0 Å². The summed E-state index contributed by atoms with van der Waals surface area (Å²) < 4.78 is 0. The Morgan fingerprint density at radius 1 is 1.47 bits per heavy atom. The van der Waals surface area contributed by atoms with Crippen LogP contribution in [0.4, 0.5) is 0 Å². The van der Waals surface area contributed by atoms with Crippen LogP contribution in [0, 0.1) is 11.3 Å². The molecule has 1 amide bonds. The maximum absolute atomic E-state index is 11.9. The number of rotatable bonds is 2. The third-order valence-corrected chi connectivity index (χ3v) is 3.33. The summed E-state index contributed by atoms with van der Waals surface area (Å²) in [6, 6.07) is 0.229. The molecule has 0 radical (unpaired) electrons. The minimum atomic E-state index is 0.137. The van der Waals surface area contributed by atoms with Crippen LogP contribution >= 0.6 is 0 Å². The first kappa shape index (κ1) is 12.5. The summed E-state index contributed by atoms with van der Waals surface area (Å²) in [4.78, 5) is 11.9. The Hall–Kier alpha value is -0.570. The van der Waals surface area contributed by atoms with Crippen molar-refractivity contribution in [1.29, 1.82) is 0 Å². The molecular formula is C12H24N2O. The lowest BCUT2D eigenvalue weighted by molar-refractivity contribution is -0.126. The zero-order valence-corrected chi connectivity index (χ0v) is 10.4. The summed E-state index contributed by atoms with van der Waals surface area (Å²) in [7, 11) is 0. The summed E-state index contributed by atoms with van der Waals surface area (Å²) in [5, 5.41) is 6.38. The van der Waals surface area contributed by atoms with Gasteiger partial charge in [-0.1, -0.05) is 20.8 Å². The van der Waals surface area contributed by atoms with E-state index in [0.29, 0.717) is 0 Å². The molecule has 0 bridgehead atoms. The molecule has 2 atom stereocenters. The maximum Gasteiger partial charge on any atom is 0.224 e. The Balaban J connectivity index is 2.40. The highest BCUT2D eigenvalue weighted by molar-refractivity contribution is 5.79. The van der Waals surface area contributed by atoms with Crippen molar-refractivity contribution in [3.05, 3.63) is 0 Å². The van der Waals surface area contributed by atoms with Crippen molar-refractivity contribution in [3.63, 3.8) is 0 Å². The Morgan fingerprint density at radius 2 is 2.13 bits per heavy atom. The summed E-state index contributed by atoms with van der Waals surface area (Å²) in [5.41, 5.74) is 0.137. The second-order valence-electron chi connectivity index (χ2n) is 5.64. The first-order valence-electron chi connectivity index (χ1n) is 5.92. The predicted octanol–water partition coefficient (Wildman–Crippen LogP) is 1.54. The smallest absolute Gasteiger partial charge is 0.224 e. The van der Waals surface area contributed by atoms with E-state index in [-0.39, 0.29) is 23.3 Å². The summed E-state index contributed by atoms with van der Waals surface area (Å²) in [6.45, 7) is 10.4. The van der Waals surface area contributed by atoms with E-state index in [9.17, 15) is 4.79 Å². The molecule has 2 N–H and O–H groups in total. The van der Waals surface area contributed by atoms with Gasteiger partial charge in [0.2, 0.25) is 5.91 Å². The highest BCUT2D eigenvalue weighted by atomic mass is 16.2. The molecule has 0 aliphatic carbocycles. The number of carbonyl (C=O) groups is 1. The molecule has 1 aliphatic rings. The van der Waals surface area contributed by atoms with Gasteiger partial charge in [0.1, 0.15) is 0 Å². The van der Waals surface area contributed by atoms with Gasteiger partial charge in [-0.15, -0.1) is 0 Å². The average molecular weight is 212 g/mol. The fraction of sp³-hybridized carbons (Fsp3) is 0.917. The number of amides is 1. The molecule has 3 nitrogen and oxygen atoms in total. The average Bonchev–Trinajstić information content (AvgIpc) is 2.17. The van der Waals surface area contributed by atoms with Crippen LogP contribution < -0.4 is 10.6 Å². The van der Waals surface area contributed by atoms with E-state index < -0.39 is 0 Å². The van der Waals surface area contributed by atoms with Gasteiger partial charge in [0, 0.05) is 12.6 Å². The second-order valence-corrected chi connectivity index (χ2v) is 5.64. The van der Waals surface area contributed by atoms with Gasteiger partial charge in [0.25, 0.3) is 0 Å². The van der Waals surface area contributed by atoms with Crippen molar-refractivity contribution in [2.45, 2.75) is 46.6 Å². The fourth-order valence-corrected chi connectivity index (χ4v) is 1.62. The van der Waals surface area contributed by atoms with Gasteiger partial charge in [-0.2, -0.15) is 0 Å². The van der Waals surface area contributed by atoms with Crippen LogP contribution in [0.15, 0.2) is 0 Å². The quantitative estimate of drug-likeness (QED) is 0.729. The molecule has 1 aliphatic heterocycles. The van der Waals surface area contributed by atoms with Crippen LogP contribution in [0.2, 0.25) is 0 Å². The molecule has 1 fully saturated rings. The van der Waals surface area contributed by atoms with Crippen molar-refractivity contribution in [2.24, 2.45) is 11.3 Å². The van der Waals surface area contributed by atoms with Gasteiger partial charge in [-0.05, 0) is 31.7 Å². The largest absolute Gasteiger partial charge is 0.353 e. The summed E-state index contributed by atoms with van der Waals surface area (Å²) in [6.07, 6.45) is 2.14. The lowest BCUT2D eigenvalue weighted by Gasteiger charge is -2.30. The molecule has 0 aromatic carbocycles. The molecule has 15 heavy (non-hydrogen) atoms. The van der Waals surface area contributed by atoms with E-state index in [2.05, 4.69) is 38.3 Å². The van der Waals surface area contributed by atoms with Crippen molar-refractivity contribution in [2.75, 3.05) is 13.1 Å². The Kier molecular flexibility index (Phi) is 4.14. The molecule has 0 aromatic rings. The zero-order chi connectivity index (χ0) is 11.5. The molecule has 1 unspecified atom stereocenters. The standard InChI is InChI=1S/C12H24N2O/c1-9(12(2,3)4)14-11(15)10-6-5-7-13-8-10/h9-10,13H,5-8H2,1-4H3,(H,14,15)/t9?,10-/m0/s1.